The molecule has 1 aromatic carbocycles. The molecule has 96 valence electrons. The molecule has 0 radical (unpaired) electrons. The summed E-state index contributed by atoms with van der Waals surface area (Å²) < 4.78 is 20.4. The second-order valence-corrected chi connectivity index (χ2v) is 4.07. The number of imidazole rings is 1. The quantitative estimate of drug-likeness (QED) is 0.907. The van der Waals surface area contributed by atoms with Crippen LogP contribution in [0.3, 0.4) is 0 Å². The lowest BCUT2D eigenvalue weighted by atomic mass is 10.3. The van der Waals surface area contributed by atoms with Crippen LogP contribution in [-0.4, -0.2) is 23.3 Å². The Morgan fingerprint density at radius 2 is 2.33 bits per heavy atom. The van der Waals surface area contributed by atoms with Crippen molar-refractivity contribution in [2.24, 2.45) is 0 Å². The maximum Gasteiger partial charge on any atom is 0.207 e. The van der Waals surface area contributed by atoms with E-state index in [4.69, 9.17) is 16.3 Å². The van der Waals surface area contributed by atoms with E-state index < -0.39 is 5.82 Å². The topological polar surface area (TPSA) is 39.1 Å². The molecule has 0 spiro atoms. The van der Waals surface area contributed by atoms with Crippen molar-refractivity contribution < 1.29 is 9.13 Å². The Labute approximate surface area is 109 Å². The molecule has 0 saturated heterocycles. The summed E-state index contributed by atoms with van der Waals surface area (Å²) in [5.41, 5.74) is 0.226. The number of hydrogen-bond donors (Lipinski definition) is 1. The molecule has 2 rings (SSSR count). The van der Waals surface area contributed by atoms with Crippen LogP contribution in [0.2, 0.25) is 5.02 Å². The molecule has 1 heterocycles. The predicted octanol–water partition coefficient (Wildman–Crippen LogP) is 3.07. The molecule has 0 amide bonds. The molecule has 0 aliphatic heterocycles. The number of anilines is 2. The molecule has 0 saturated carbocycles. The minimum Gasteiger partial charge on any atom is -0.383 e. The van der Waals surface area contributed by atoms with Gasteiger partial charge in [0.15, 0.2) is 0 Å². The van der Waals surface area contributed by atoms with Gasteiger partial charge in [-0.1, -0.05) is 17.7 Å². The third-order valence-corrected chi connectivity index (χ3v) is 2.77. The average Bonchev–Trinajstić information content (AvgIpc) is 2.79. The average molecular weight is 270 g/mol. The standard InChI is InChI=1S/C12H13ClFN3O/c1-18-8-7-17-6-5-15-12(17)16-11-9(13)3-2-4-10(11)14/h2-6H,7-8H2,1H3,(H,15,16). The van der Waals surface area contributed by atoms with E-state index in [0.717, 1.165) is 0 Å². The molecule has 0 aliphatic rings. The highest BCUT2D eigenvalue weighted by Crippen LogP contribution is 2.27. The van der Waals surface area contributed by atoms with Crippen molar-refractivity contribution in [3.05, 3.63) is 41.4 Å². The Balaban J connectivity index is 2.21. The molecule has 0 aliphatic carbocycles. The fourth-order valence-electron chi connectivity index (χ4n) is 1.53. The highest BCUT2D eigenvalue weighted by atomic mass is 35.5. The van der Waals surface area contributed by atoms with E-state index in [9.17, 15) is 4.39 Å². The second-order valence-electron chi connectivity index (χ2n) is 3.66. The first-order valence-corrected chi connectivity index (χ1v) is 5.81. The number of aromatic nitrogens is 2. The lowest BCUT2D eigenvalue weighted by molar-refractivity contribution is 0.188. The van der Waals surface area contributed by atoms with Crippen molar-refractivity contribution in [2.45, 2.75) is 6.54 Å². The third-order valence-electron chi connectivity index (χ3n) is 2.45. The van der Waals surface area contributed by atoms with Crippen molar-refractivity contribution in [3.63, 3.8) is 0 Å². The number of para-hydroxylation sites is 1. The van der Waals surface area contributed by atoms with Crippen LogP contribution in [0.1, 0.15) is 0 Å². The summed E-state index contributed by atoms with van der Waals surface area (Å²) in [6, 6.07) is 4.52. The first-order valence-electron chi connectivity index (χ1n) is 5.43. The van der Waals surface area contributed by atoms with Crippen LogP contribution in [0.5, 0.6) is 0 Å². The number of ether oxygens (including phenoxy) is 1. The first-order chi connectivity index (χ1) is 8.72. The Hall–Kier alpha value is -1.59. The van der Waals surface area contributed by atoms with Gasteiger partial charge in [0, 0.05) is 26.0 Å². The Kier molecular flexibility index (Phi) is 4.17. The largest absolute Gasteiger partial charge is 0.383 e. The third kappa shape index (κ3) is 2.80. The van der Waals surface area contributed by atoms with Crippen LogP contribution < -0.4 is 5.32 Å². The second kappa shape index (κ2) is 5.84. The number of nitrogens with one attached hydrogen (secondary N) is 1. The van der Waals surface area contributed by atoms with Crippen molar-refractivity contribution in [1.29, 1.82) is 0 Å². The van der Waals surface area contributed by atoms with Crippen LogP contribution in [-0.2, 0) is 11.3 Å². The van der Waals surface area contributed by atoms with Crippen molar-refractivity contribution >= 4 is 23.2 Å². The van der Waals surface area contributed by atoms with Crippen LogP contribution in [0, 0.1) is 5.82 Å². The monoisotopic (exact) mass is 269 g/mol. The van der Waals surface area contributed by atoms with Gasteiger partial charge in [0.1, 0.15) is 5.82 Å². The summed E-state index contributed by atoms with van der Waals surface area (Å²) >= 11 is 5.94. The van der Waals surface area contributed by atoms with Gasteiger partial charge in [0.25, 0.3) is 0 Å². The smallest absolute Gasteiger partial charge is 0.207 e. The molecule has 4 nitrogen and oxygen atoms in total. The minimum absolute atomic E-state index is 0.226. The van der Waals surface area contributed by atoms with Gasteiger partial charge >= 0.3 is 0 Å². The van der Waals surface area contributed by atoms with Gasteiger partial charge in [-0.3, -0.25) is 0 Å². The molecule has 1 aromatic heterocycles. The minimum atomic E-state index is -0.413. The first kappa shape index (κ1) is 12.9. The Morgan fingerprint density at radius 1 is 1.50 bits per heavy atom. The summed E-state index contributed by atoms with van der Waals surface area (Å²) in [5.74, 6) is 0.114. The zero-order chi connectivity index (χ0) is 13.0. The summed E-state index contributed by atoms with van der Waals surface area (Å²) in [5, 5.41) is 3.20. The van der Waals surface area contributed by atoms with Gasteiger partial charge in [-0.25, -0.2) is 9.37 Å². The van der Waals surface area contributed by atoms with E-state index in [1.54, 1.807) is 31.6 Å². The maximum atomic E-state index is 13.6. The predicted molar refractivity (Wildman–Crippen MR) is 68.8 cm³/mol. The lowest BCUT2D eigenvalue weighted by Crippen LogP contribution is -2.08. The summed E-state index contributed by atoms with van der Waals surface area (Å²) in [7, 11) is 1.62. The van der Waals surface area contributed by atoms with E-state index in [2.05, 4.69) is 10.3 Å². The molecule has 0 fully saturated rings. The van der Waals surface area contributed by atoms with Crippen molar-refractivity contribution in [3.8, 4) is 0 Å². The summed E-state index contributed by atoms with van der Waals surface area (Å²) in [4.78, 5) is 4.12. The molecule has 0 unspecified atom stereocenters. The maximum absolute atomic E-state index is 13.6. The highest BCUT2D eigenvalue weighted by molar-refractivity contribution is 6.33. The fraction of sp³-hybridized carbons (Fsp3) is 0.250. The number of halogens is 2. The SMILES string of the molecule is COCCn1ccnc1Nc1c(F)cccc1Cl. The van der Waals surface area contributed by atoms with Crippen molar-refractivity contribution in [1.82, 2.24) is 9.55 Å². The molecule has 2 aromatic rings. The molecule has 0 bridgehead atoms. The molecule has 18 heavy (non-hydrogen) atoms. The molecular weight excluding hydrogens is 257 g/mol. The lowest BCUT2D eigenvalue weighted by Gasteiger charge is -2.11. The number of nitrogens with zero attached hydrogens (tertiary/aromatic N) is 2. The van der Waals surface area contributed by atoms with Gasteiger partial charge in [0.05, 0.1) is 17.3 Å². The Bertz CT molecular complexity index is 510. The van der Waals surface area contributed by atoms with Gasteiger partial charge < -0.3 is 14.6 Å². The van der Waals surface area contributed by atoms with Crippen LogP contribution >= 0.6 is 11.6 Å². The number of methoxy groups -OCH3 is 1. The zero-order valence-corrected chi connectivity index (χ0v) is 10.6. The molecule has 0 atom stereocenters. The molecule has 1 N–H and O–H groups in total. The van der Waals surface area contributed by atoms with E-state index >= 15 is 0 Å². The number of rotatable bonds is 5. The van der Waals surface area contributed by atoms with Gasteiger partial charge in [-0.2, -0.15) is 0 Å². The van der Waals surface area contributed by atoms with E-state index in [0.29, 0.717) is 24.1 Å². The van der Waals surface area contributed by atoms with Crippen molar-refractivity contribution in [2.75, 3.05) is 19.0 Å². The van der Waals surface area contributed by atoms with Crippen LogP contribution in [0.25, 0.3) is 0 Å². The van der Waals surface area contributed by atoms with E-state index in [-0.39, 0.29) is 5.69 Å². The Morgan fingerprint density at radius 3 is 3.06 bits per heavy atom. The summed E-state index contributed by atoms with van der Waals surface area (Å²) in [6.45, 7) is 1.18. The fourth-order valence-corrected chi connectivity index (χ4v) is 1.74. The zero-order valence-electron chi connectivity index (χ0n) is 9.86. The van der Waals surface area contributed by atoms with Crippen LogP contribution in [0.4, 0.5) is 16.0 Å². The van der Waals surface area contributed by atoms with Gasteiger partial charge in [-0.15, -0.1) is 0 Å². The number of benzene rings is 1. The molecular formula is C12H13ClFN3O. The van der Waals surface area contributed by atoms with E-state index in [1.165, 1.54) is 6.07 Å². The number of hydrogen-bond acceptors (Lipinski definition) is 3. The normalized spacial score (nSPS) is 10.6. The van der Waals surface area contributed by atoms with Gasteiger partial charge in [-0.05, 0) is 12.1 Å². The van der Waals surface area contributed by atoms with Crippen LogP contribution in [0.15, 0.2) is 30.6 Å². The van der Waals surface area contributed by atoms with E-state index in [1.807, 2.05) is 4.57 Å². The highest BCUT2D eigenvalue weighted by Gasteiger charge is 2.10. The van der Waals surface area contributed by atoms with Gasteiger partial charge in [0.2, 0.25) is 5.95 Å². The molecule has 6 heteroatoms. The summed E-state index contributed by atoms with van der Waals surface area (Å²) in [6.07, 6.45) is 3.42.